The smallest absolute Gasteiger partial charge is 0.317 e. The average molecular weight is 333 g/mol. The minimum Gasteiger partial charge on any atom is -0.378 e. The molecule has 3 heterocycles. The number of piperazine rings is 1. The van der Waals surface area contributed by atoms with E-state index in [1.165, 1.54) is 12.8 Å². The van der Waals surface area contributed by atoms with Gasteiger partial charge >= 0.3 is 6.03 Å². The molecule has 1 atom stereocenters. The van der Waals surface area contributed by atoms with Crippen LogP contribution >= 0.6 is 0 Å². The number of urea groups is 1. The second-order valence-corrected chi connectivity index (χ2v) is 6.39. The van der Waals surface area contributed by atoms with E-state index in [-0.39, 0.29) is 6.03 Å². The summed E-state index contributed by atoms with van der Waals surface area (Å²) in [5.74, 6) is 0.741. The highest BCUT2D eigenvalue weighted by molar-refractivity contribution is 5.74. The zero-order chi connectivity index (χ0) is 16.6. The number of carbonyl (C=O) groups excluding carboxylic acids is 1. The lowest BCUT2D eigenvalue weighted by atomic mass is 10.0. The summed E-state index contributed by atoms with van der Waals surface area (Å²) in [6.07, 6.45) is 9.53. The van der Waals surface area contributed by atoms with E-state index < -0.39 is 0 Å². The number of carbonyl (C=O) groups is 1. The maximum Gasteiger partial charge on any atom is 0.317 e. The highest BCUT2D eigenvalue weighted by Gasteiger charge is 2.22. The summed E-state index contributed by atoms with van der Waals surface area (Å²) in [7, 11) is 0. The van der Waals surface area contributed by atoms with Crippen molar-refractivity contribution in [1.29, 1.82) is 0 Å². The number of amides is 2. The minimum absolute atomic E-state index is 0.0354. The second kappa shape index (κ2) is 8.82. The van der Waals surface area contributed by atoms with E-state index >= 15 is 0 Å². The van der Waals surface area contributed by atoms with E-state index in [0.29, 0.717) is 19.2 Å². The van der Waals surface area contributed by atoms with Crippen molar-refractivity contribution in [3.63, 3.8) is 0 Å². The summed E-state index contributed by atoms with van der Waals surface area (Å²) >= 11 is 0. The fourth-order valence-corrected chi connectivity index (χ4v) is 3.24. The fourth-order valence-electron chi connectivity index (χ4n) is 3.24. The van der Waals surface area contributed by atoms with Crippen LogP contribution in [0.1, 0.15) is 32.1 Å². The molecule has 2 aliphatic rings. The van der Waals surface area contributed by atoms with Crippen LogP contribution in [-0.4, -0.2) is 66.3 Å². The van der Waals surface area contributed by atoms with Crippen LogP contribution in [0.2, 0.25) is 0 Å². The van der Waals surface area contributed by atoms with E-state index in [2.05, 4.69) is 20.2 Å². The number of nitrogens with zero attached hydrogens (tertiary/aromatic N) is 4. The largest absolute Gasteiger partial charge is 0.378 e. The third-order valence-corrected chi connectivity index (χ3v) is 4.65. The number of hydrogen-bond acceptors (Lipinski definition) is 5. The van der Waals surface area contributed by atoms with Crippen LogP contribution in [0.5, 0.6) is 0 Å². The van der Waals surface area contributed by atoms with Gasteiger partial charge in [0.25, 0.3) is 0 Å². The van der Waals surface area contributed by atoms with Crippen molar-refractivity contribution in [2.24, 2.45) is 0 Å². The van der Waals surface area contributed by atoms with Crippen LogP contribution < -0.4 is 10.2 Å². The Morgan fingerprint density at radius 2 is 2.00 bits per heavy atom. The molecule has 2 amide bonds. The van der Waals surface area contributed by atoms with Gasteiger partial charge in [0.05, 0.1) is 6.10 Å². The van der Waals surface area contributed by atoms with E-state index in [9.17, 15) is 4.79 Å². The summed E-state index contributed by atoms with van der Waals surface area (Å²) in [5.41, 5.74) is 0. The van der Waals surface area contributed by atoms with Crippen LogP contribution in [0.15, 0.2) is 18.5 Å². The number of rotatable bonds is 5. The molecule has 2 fully saturated rings. The molecular weight excluding hydrogens is 306 g/mol. The van der Waals surface area contributed by atoms with Crippen molar-refractivity contribution < 1.29 is 9.53 Å². The second-order valence-electron chi connectivity index (χ2n) is 6.39. The maximum absolute atomic E-state index is 12.2. The van der Waals surface area contributed by atoms with Gasteiger partial charge in [-0.25, -0.2) is 14.8 Å². The Balaban J connectivity index is 1.32. The van der Waals surface area contributed by atoms with Crippen LogP contribution in [0.25, 0.3) is 0 Å². The molecule has 3 rings (SSSR count). The Morgan fingerprint density at radius 1 is 1.21 bits per heavy atom. The molecule has 0 aliphatic carbocycles. The first-order chi connectivity index (χ1) is 11.8. The lowest BCUT2D eigenvalue weighted by Gasteiger charge is -2.34. The lowest BCUT2D eigenvalue weighted by Crippen LogP contribution is -2.52. The summed E-state index contributed by atoms with van der Waals surface area (Å²) in [5, 5.41) is 3.03. The van der Waals surface area contributed by atoms with Crippen LogP contribution in [-0.2, 0) is 4.74 Å². The summed E-state index contributed by atoms with van der Waals surface area (Å²) in [4.78, 5) is 24.7. The fraction of sp³-hybridized carbons (Fsp3) is 0.706. The topological polar surface area (TPSA) is 70.6 Å². The van der Waals surface area contributed by atoms with Crippen molar-refractivity contribution in [2.45, 2.75) is 38.2 Å². The quantitative estimate of drug-likeness (QED) is 0.830. The van der Waals surface area contributed by atoms with Gasteiger partial charge in [-0.05, 0) is 38.2 Å². The van der Waals surface area contributed by atoms with Crippen molar-refractivity contribution in [2.75, 3.05) is 44.2 Å². The Kier molecular flexibility index (Phi) is 6.23. The molecular formula is C17H27N5O2. The molecule has 2 saturated heterocycles. The molecule has 0 radical (unpaired) electrons. The minimum atomic E-state index is 0.0354. The van der Waals surface area contributed by atoms with Crippen molar-refractivity contribution >= 4 is 12.0 Å². The number of ether oxygens (including phenoxy) is 1. The maximum atomic E-state index is 12.2. The number of anilines is 1. The summed E-state index contributed by atoms with van der Waals surface area (Å²) in [6, 6.07) is 1.85. The van der Waals surface area contributed by atoms with Gasteiger partial charge in [-0.3, -0.25) is 0 Å². The van der Waals surface area contributed by atoms with Crippen molar-refractivity contribution in [3.05, 3.63) is 18.5 Å². The molecule has 1 N–H and O–H groups in total. The van der Waals surface area contributed by atoms with Gasteiger partial charge in [-0.2, -0.15) is 0 Å². The third-order valence-electron chi connectivity index (χ3n) is 4.65. The predicted molar refractivity (Wildman–Crippen MR) is 92.0 cm³/mol. The zero-order valence-corrected chi connectivity index (χ0v) is 14.2. The SMILES string of the molecule is O=C(NCCCC1CCCCO1)N1CCN(c2ncccn2)CC1. The molecule has 2 aliphatic heterocycles. The van der Waals surface area contributed by atoms with Gasteiger partial charge in [0.2, 0.25) is 5.95 Å². The Bertz CT molecular complexity index is 499. The van der Waals surface area contributed by atoms with Crippen molar-refractivity contribution in [3.8, 4) is 0 Å². The molecule has 132 valence electrons. The number of hydrogen-bond donors (Lipinski definition) is 1. The first kappa shape index (κ1) is 17.0. The Morgan fingerprint density at radius 3 is 2.71 bits per heavy atom. The Labute approximate surface area is 143 Å². The summed E-state index contributed by atoms with van der Waals surface area (Å²) < 4.78 is 5.71. The van der Waals surface area contributed by atoms with Gasteiger partial charge in [0.15, 0.2) is 0 Å². The van der Waals surface area contributed by atoms with Gasteiger partial charge < -0.3 is 19.9 Å². The molecule has 0 bridgehead atoms. The van der Waals surface area contributed by atoms with E-state index in [0.717, 1.165) is 51.5 Å². The molecule has 0 spiro atoms. The van der Waals surface area contributed by atoms with E-state index in [4.69, 9.17) is 4.74 Å². The Hall–Kier alpha value is -1.89. The van der Waals surface area contributed by atoms with Crippen LogP contribution in [0, 0.1) is 0 Å². The molecule has 1 aromatic rings. The molecule has 1 unspecified atom stereocenters. The third kappa shape index (κ3) is 4.80. The van der Waals surface area contributed by atoms with Gasteiger partial charge in [0, 0.05) is 51.7 Å². The van der Waals surface area contributed by atoms with Crippen molar-refractivity contribution in [1.82, 2.24) is 20.2 Å². The van der Waals surface area contributed by atoms with Gasteiger partial charge in [-0.1, -0.05) is 0 Å². The van der Waals surface area contributed by atoms with E-state index in [1.807, 2.05) is 11.0 Å². The molecule has 24 heavy (non-hydrogen) atoms. The zero-order valence-electron chi connectivity index (χ0n) is 14.2. The van der Waals surface area contributed by atoms with Crippen LogP contribution in [0.4, 0.5) is 10.7 Å². The summed E-state index contributed by atoms with van der Waals surface area (Å²) in [6.45, 7) is 4.57. The first-order valence-corrected chi connectivity index (χ1v) is 8.99. The highest BCUT2D eigenvalue weighted by Crippen LogP contribution is 2.16. The monoisotopic (exact) mass is 333 g/mol. The number of aromatic nitrogens is 2. The van der Waals surface area contributed by atoms with E-state index in [1.54, 1.807) is 12.4 Å². The average Bonchev–Trinajstić information content (AvgIpc) is 2.67. The normalized spacial score (nSPS) is 21.6. The molecule has 7 heteroatoms. The van der Waals surface area contributed by atoms with Crippen LogP contribution in [0.3, 0.4) is 0 Å². The molecule has 7 nitrogen and oxygen atoms in total. The molecule has 1 aromatic heterocycles. The number of nitrogens with one attached hydrogen (secondary N) is 1. The highest BCUT2D eigenvalue weighted by atomic mass is 16.5. The molecule has 0 aromatic carbocycles. The van der Waals surface area contributed by atoms with Gasteiger partial charge in [0.1, 0.15) is 0 Å². The standard InChI is InChI=1S/C17H27N5O2/c23-17(20-7-3-6-15-5-1-2-14-24-15)22-12-10-21(11-13-22)16-18-8-4-9-19-16/h4,8-9,15H,1-3,5-7,10-14H2,(H,20,23). The first-order valence-electron chi connectivity index (χ1n) is 8.99. The predicted octanol–water partition coefficient (Wildman–Crippen LogP) is 1.66. The van der Waals surface area contributed by atoms with Gasteiger partial charge in [-0.15, -0.1) is 0 Å². The molecule has 0 saturated carbocycles. The lowest BCUT2D eigenvalue weighted by molar-refractivity contribution is 0.0102.